The Morgan fingerprint density at radius 2 is 2.07 bits per heavy atom. The van der Waals surface area contributed by atoms with Gasteiger partial charge in [-0.25, -0.2) is 0 Å². The van der Waals surface area contributed by atoms with E-state index in [0.29, 0.717) is 12.1 Å². The fourth-order valence-corrected chi connectivity index (χ4v) is 4.60. The SMILES string of the molecule is Cn1c(Cc2cccs2)nnc1SCC(=O)Nc1ccc(N2CCCC2=O)cc1. The van der Waals surface area contributed by atoms with Crippen molar-refractivity contribution in [1.82, 2.24) is 14.8 Å². The largest absolute Gasteiger partial charge is 0.325 e. The normalized spacial score (nSPS) is 13.8. The van der Waals surface area contributed by atoms with Crippen molar-refractivity contribution in [3.63, 3.8) is 0 Å². The Bertz CT molecular complexity index is 999. The van der Waals surface area contributed by atoms with E-state index in [9.17, 15) is 9.59 Å². The van der Waals surface area contributed by atoms with Gasteiger partial charge in [0.15, 0.2) is 5.16 Å². The van der Waals surface area contributed by atoms with E-state index in [1.807, 2.05) is 47.3 Å². The van der Waals surface area contributed by atoms with E-state index in [-0.39, 0.29) is 17.6 Å². The molecule has 1 saturated heterocycles. The molecule has 1 aliphatic heterocycles. The number of hydrogen-bond acceptors (Lipinski definition) is 6. The summed E-state index contributed by atoms with van der Waals surface area (Å²) in [5, 5.41) is 14.1. The molecule has 1 fully saturated rings. The molecule has 0 spiro atoms. The Hall–Kier alpha value is -2.65. The van der Waals surface area contributed by atoms with E-state index in [1.54, 1.807) is 16.2 Å². The third-order valence-electron chi connectivity index (χ3n) is 4.71. The summed E-state index contributed by atoms with van der Waals surface area (Å²) in [6.45, 7) is 0.757. The van der Waals surface area contributed by atoms with Crippen LogP contribution in [0.15, 0.2) is 46.9 Å². The number of benzene rings is 1. The number of thioether (sulfide) groups is 1. The number of rotatable bonds is 7. The monoisotopic (exact) mass is 427 g/mol. The van der Waals surface area contributed by atoms with Crippen molar-refractivity contribution in [1.29, 1.82) is 0 Å². The van der Waals surface area contributed by atoms with Crippen LogP contribution in [-0.2, 0) is 23.1 Å². The second-order valence-corrected chi connectivity index (χ2v) is 8.72. The van der Waals surface area contributed by atoms with Gasteiger partial charge in [0.05, 0.1) is 5.75 Å². The molecule has 2 aromatic heterocycles. The topological polar surface area (TPSA) is 80.1 Å². The van der Waals surface area contributed by atoms with Crippen LogP contribution in [0, 0.1) is 0 Å². The van der Waals surface area contributed by atoms with Crippen molar-refractivity contribution in [3.05, 3.63) is 52.5 Å². The van der Waals surface area contributed by atoms with E-state index < -0.39 is 0 Å². The summed E-state index contributed by atoms with van der Waals surface area (Å²) < 4.78 is 1.93. The Labute approximate surface area is 177 Å². The number of carbonyl (C=O) groups is 2. The van der Waals surface area contributed by atoms with E-state index >= 15 is 0 Å². The molecule has 0 unspecified atom stereocenters. The number of nitrogens with zero attached hydrogens (tertiary/aromatic N) is 4. The van der Waals surface area contributed by atoms with Crippen LogP contribution in [0.1, 0.15) is 23.5 Å². The van der Waals surface area contributed by atoms with Gasteiger partial charge in [0.25, 0.3) is 0 Å². The highest BCUT2D eigenvalue weighted by atomic mass is 32.2. The molecule has 0 saturated carbocycles. The molecule has 2 amide bonds. The summed E-state index contributed by atoms with van der Waals surface area (Å²) >= 11 is 3.05. The summed E-state index contributed by atoms with van der Waals surface area (Å²) in [5.41, 5.74) is 1.58. The molecular formula is C20H21N5O2S2. The molecule has 4 rings (SSSR count). The third-order valence-corrected chi connectivity index (χ3v) is 6.60. The number of nitrogens with one attached hydrogen (secondary N) is 1. The van der Waals surface area contributed by atoms with Crippen LogP contribution in [0.25, 0.3) is 0 Å². The lowest BCUT2D eigenvalue weighted by Gasteiger charge is -2.16. The van der Waals surface area contributed by atoms with Gasteiger partial charge in [-0.05, 0) is 42.1 Å². The molecule has 0 radical (unpaired) electrons. The van der Waals surface area contributed by atoms with Crippen molar-refractivity contribution in [2.45, 2.75) is 24.4 Å². The molecule has 150 valence electrons. The van der Waals surface area contributed by atoms with Crippen LogP contribution < -0.4 is 10.2 Å². The molecule has 0 bridgehead atoms. The van der Waals surface area contributed by atoms with Gasteiger partial charge in [0.2, 0.25) is 11.8 Å². The van der Waals surface area contributed by atoms with Crippen molar-refractivity contribution in [3.8, 4) is 0 Å². The fourth-order valence-electron chi connectivity index (χ4n) is 3.17. The molecule has 29 heavy (non-hydrogen) atoms. The van der Waals surface area contributed by atoms with Gasteiger partial charge >= 0.3 is 0 Å². The summed E-state index contributed by atoms with van der Waals surface area (Å²) in [7, 11) is 1.92. The highest BCUT2D eigenvalue weighted by Gasteiger charge is 2.21. The Morgan fingerprint density at radius 1 is 1.24 bits per heavy atom. The minimum atomic E-state index is -0.109. The summed E-state index contributed by atoms with van der Waals surface area (Å²) in [5.74, 6) is 1.17. The summed E-state index contributed by atoms with van der Waals surface area (Å²) in [4.78, 5) is 27.1. The first kappa shape index (κ1) is 19.7. The van der Waals surface area contributed by atoms with E-state index in [0.717, 1.165) is 36.1 Å². The molecule has 9 heteroatoms. The fraction of sp³-hybridized carbons (Fsp3) is 0.300. The number of hydrogen-bond donors (Lipinski definition) is 1. The van der Waals surface area contributed by atoms with Crippen molar-refractivity contribution in [2.24, 2.45) is 7.05 Å². The lowest BCUT2D eigenvalue weighted by atomic mass is 10.2. The van der Waals surface area contributed by atoms with Gasteiger partial charge in [0, 0.05) is 42.7 Å². The number of thiophene rings is 1. The third kappa shape index (κ3) is 4.68. The molecule has 0 atom stereocenters. The number of anilines is 2. The molecule has 0 aliphatic carbocycles. The zero-order chi connectivity index (χ0) is 20.2. The smallest absolute Gasteiger partial charge is 0.234 e. The Balaban J connectivity index is 1.30. The van der Waals surface area contributed by atoms with Crippen LogP contribution in [0.4, 0.5) is 11.4 Å². The van der Waals surface area contributed by atoms with Crippen molar-refractivity contribution in [2.75, 3.05) is 22.5 Å². The predicted molar refractivity (Wildman–Crippen MR) is 116 cm³/mol. The van der Waals surface area contributed by atoms with Crippen LogP contribution >= 0.6 is 23.1 Å². The lowest BCUT2D eigenvalue weighted by molar-refractivity contribution is -0.117. The molecule has 1 aromatic carbocycles. The van der Waals surface area contributed by atoms with Gasteiger partial charge in [0.1, 0.15) is 5.82 Å². The highest BCUT2D eigenvalue weighted by Crippen LogP contribution is 2.24. The minimum Gasteiger partial charge on any atom is -0.325 e. The van der Waals surface area contributed by atoms with E-state index in [2.05, 4.69) is 21.6 Å². The van der Waals surface area contributed by atoms with E-state index in [4.69, 9.17) is 0 Å². The summed E-state index contributed by atoms with van der Waals surface area (Å²) in [6.07, 6.45) is 2.23. The van der Waals surface area contributed by atoms with Gasteiger partial charge in [-0.1, -0.05) is 17.8 Å². The van der Waals surface area contributed by atoms with Gasteiger partial charge in [-0.15, -0.1) is 21.5 Å². The Morgan fingerprint density at radius 3 is 2.76 bits per heavy atom. The number of aromatic nitrogens is 3. The average molecular weight is 428 g/mol. The zero-order valence-electron chi connectivity index (χ0n) is 16.0. The maximum absolute atomic E-state index is 12.3. The van der Waals surface area contributed by atoms with Crippen molar-refractivity contribution < 1.29 is 9.59 Å². The zero-order valence-corrected chi connectivity index (χ0v) is 17.6. The summed E-state index contributed by atoms with van der Waals surface area (Å²) in [6, 6.07) is 11.5. The van der Waals surface area contributed by atoms with E-state index in [1.165, 1.54) is 16.6 Å². The maximum atomic E-state index is 12.3. The average Bonchev–Trinajstić information content (AvgIpc) is 3.45. The molecular weight excluding hydrogens is 406 g/mol. The van der Waals surface area contributed by atoms with Crippen LogP contribution in [0.3, 0.4) is 0 Å². The van der Waals surface area contributed by atoms with Crippen LogP contribution in [0.5, 0.6) is 0 Å². The van der Waals surface area contributed by atoms with Crippen LogP contribution in [-0.4, -0.2) is 38.9 Å². The quantitative estimate of drug-likeness (QED) is 0.585. The second-order valence-electron chi connectivity index (χ2n) is 6.75. The van der Waals surface area contributed by atoms with Crippen LogP contribution in [0.2, 0.25) is 0 Å². The number of carbonyl (C=O) groups excluding carboxylic acids is 2. The Kier molecular flexibility index (Phi) is 5.96. The predicted octanol–water partition coefficient (Wildman–Crippen LogP) is 3.33. The van der Waals surface area contributed by atoms with Gasteiger partial charge in [-0.2, -0.15) is 0 Å². The lowest BCUT2D eigenvalue weighted by Crippen LogP contribution is -2.23. The standard InChI is InChI=1S/C20H21N5O2S2/c1-24-17(12-16-4-3-11-28-16)22-23-20(24)29-13-18(26)21-14-6-8-15(9-7-14)25-10-2-5-19(25)27/h3-4,6-9,11H,2,5,10,12-13H2,1H3,(H,21,26). The van der Waals surface area contributed by atoms with Gasteiger partial charge < -0.3 is 14.8 Å². The molecule has 3 aromatic rings. The highest BCUT2D eigenvalue weighted by molar-refractivity contribution is 7.99. The molecule has 7 nitrogen and oxygen atoms in total. The number of amides is 2. The molecule has 1 N–H and O–H groups in total. The first-order chi connectivity index (χ1) is 14.1. The molecule has 1 aliphatic rings. The first-order valence-electron chi connectivity index (χ1n) is 9.34. The maximum Gasteiger partial charge on any atom is 0.234 e. The van der Waals surface area contributed by atoms with Gasteiger partial charge in [-0.3, -0.25) is 9.59 Å². The first-order valence-corrected chi connectivity index (χ1v) is 11.2. The van der Waals surface area contributed by atoms with Crippen molar-refractivity contribution >= 4 is 46.3 Å². The minimum absolute atomic E-state index is 0.109. The second kappa shape index (κ2) is 8.79. The molecule has 3 heterocycles.